The van der Waals surface area contributed by atoms with E-state index in [0.29, 0.717) is 28.1 Å². The summed E-state index contributed by atoms with van der Waals surface area (Å²) >= 11 is 1.51. The molecule has 1 unspecified atom stereocenters. The van der Waals surface area contributed by atoms with Crippen molar-refractivity contribution in [2.24, 2.45) is 5.41 Å². The van der Waals surface area contributed by atoms with Crippen molar-refractivity contribution in [1.29, 1.82) is 0 Å². The van der Waals surface area contributed by atoms with Crippen LogP contribution in [0.5, 0.6) is 5.75 Å². The van der Waals surface area contributed by atoms with Crippen molar-refractivity contribution in [3.05, 3.63) is 24.0 Å². The smallest absolute Gasteiger partial charge is 0.141 e. The molecule has 5 nitrogen and oxygen atoms in total. The molecule has 0 aromatic heterocycles. The highest BCUT2D eigenvalue weighted by Crippen LogP contribution is 2.50. The predicted octanol–water partition coefficient (Wildman–Crippen LogP) is 3.58. The molecule has 0 bridgehead atoms. The first kappa shape index (κ1) is 20.1. The molecule has 5 rings (SSSR count). The van der Waals surface area contributed by atoms with Gasteiger partial charge in [0, 0.05) is 36.7 Å². The third kappa shape index (κ3) is 3.81. The van der Waals surface area contributed by atoms with Gasteiger partial charge in [-0.3, -0.25) is 4.90 Å². The van der Waals surface area contributed by atoms with Crippen LogP contribution in [0, 0.1) is 11.2 Å². The molecule has 1 aromatic carbocycles. The molecule has 2 spiro atoms. The van der Waals surface area contributed by atoms with Crippen LogP contribution >= 0.6 is 11.9 Å². The van der Waals surface area contributed by atoms with Gasteiger partial charge in [0.1, 0.15) is 11.6 Å². The first-order chi connectivity index (χ1) is 14.0. The van der Waals surface area contributed by atoms with Crippen molar-refractivity contribution in [3.63, 3.8) is 0 Å². The van der Waals surface area contributed by atoms with Gasteiger partial charge in [0.15, 0.2) is 0 Å². The maximum Gasteiger partial charge on any atom is 0.141 e. The molecule has 3 heterocycles. The van der Waals surface area contributed by atoms with Crippen LogP contribution in [0.4, 0.5) is 4.39 Å². The van der Waals surface area contributed by atoms with Crippen molar-refractivity contribution in [1.82, 2.24) is 9.21 Å². The molecule has 4 aliphatic rings. The molecule has 3 aliphatic heterocycles. The minimum absolute atomic E-state index is 0.00938. The number of hydrogen-bond acceptors (Lipinski definition) is 6. The van der Waals surface area contributed by atoms with Gasteiger partial charge in [-0.25, -0.2) is 8.70 Å². The molecule has 0 N–H and O–H groups in total. The zero-order valence-electron chi connectivity index (χ0n) is 17.4. The number of ether oxygens (including phenoxy) is 3. The Morgan fingerprint density at radius 2 is 1.93 bits per heavy atom. The highest BCUT2D eigenvalue weighted by Gasteiger charge is 2.53. The largest absolute Gasteiger partial charge is 0.497 e. The van der Waals surface area contributed by atoms with Crippen molar-refractivity contribution >= 4 is 11.9 Å². The Bertz CT molecular complexity index is 744. The van der Waals surface area contributed by atoms with Gasteiger partial charge in [0.2, 0.25) is 0 Å². The fourth-order valence-electron chi connectivity index (χ4n) is 5.39. The van der Waals surface area contributed by atoms with Gasteiger partial charge in [0.25, 0.3) is 0 Å². The Morgan fingerprint density at radius 1 is 1.17 bits per heavy atom. The van der Waals surface area contributed by atoms with Gasteiger partial charge in [-0.2, -0.15) is 0 Å². The quantitative estimate of drug-likeness (QED) is 0.675. The summed E-state index contributed by atoms with van der Waals surface area (Å²) in [7, 11) is 3.84. The van der Waals surface area contributed by atoms with Gasteiger partial charge in [-0.05, 0) is 63.2 Å². The van der Waals surface area contributed by atoms with Crippen LogP contribution < -0.4 is 4.74 Å². The molecule has 3 saturated heterocycles. The number of piperidine rings is 1. The maximum atomic E-state index is 14.3. The second-order valence-corrected chi connectivity index (χ2v) is 10.5. The van der Waals surface area contributed by atoms with E-state index in [1.165, 1.54) is 30.9 Å². The molecule has 4 fully saturated rings. The zero-order valence-corrected chi connectivity index (χ0v) is 18.2. The summed E-state index contributed by atoms with van der Waals surface area (Å²) in [5, 5.41) is 0. The van der Waals surface area contributed by atoms with E-state index in [2.05, 4.69) is 16.3 Å². The van der Waals surface area contributed by atoms with Crippen LogP contribution in [-0.2, 0) is 9.47 Å². The van der Waals surface area contributed by atoms with Crippen molar-refractivity contribution in [3.8, 4) is 5.75 Å². The Kier molecular flexibility index (Phi) is 5.31. The van der Waals surface area contributed by atoms with E-state index in [1.807, 2.05) is 6.07 Å². The summed E-state index contributed by atoms with van der Waals surface area (Å²) in [6, 6.07) is 6.29. The molecule has 160 valence electrons. The first-order valence-corrected chi connectivity index (χ1v) is 11.5. The van der Waals surface area contributed by atoms with Crippen molar-refractivity contribution in [2.45, 2.75) is 54.7 Å². The number of nitrogens with zero attached hydrogens (tertiary/aromatic N) is 2. The molecule has 1 saturated carbocycles. The van der Waals surface area contributed by atoms with E-state index in [4.69, 9.17) is 14.2 Å². The van der Waals surface area contributed by atoms with Crippen LogP contribution in [0.25, 0.3) is 0 Å². The first-order valence-electron chi connectivity index (χ1n) is 10.7. The lowest BCUT2D eigenvalue weighted by Crippen LogP contribution is -2.60. The number of hydrogen-bond donors (Lipinski definition) is 0. The average Bonchev–Trinajstić information content (AvgIpc) is 3.07. The second-order valence-electron chi connectivity index (χ2n) is 9.39. The van der Waals surface area contributed by atoms with E-state index < -0.39 is 0 Å². The standard InChI is InChI=1S/C22H31FN2O3S/c1-24(16-10-21(11-16)14-27-15-21)17-12-22(28-13-17)5-7-25(8-6-22)29-20-4-3-18(26-2)9-19(20)23/h3-4,9,16-17H,5-8,10-15H2,1-2H3. The number of benzene rings is 1. The Hall–Kier alpha value is -0.860. The van der Waals surface area contributed by atoms with Gasteiger partial charge < -0.3 is 14.2 Å². The summed E-state index contributed by atoms with van der Waals surface area (Å²) < 4.78 is 33.4. The van der Waals surface area contributed by atoms with Crippen molar-refractivity contribution < 1.29 is 18.6 Å². The molecule has 7 heteroatoms. The van der Waals surface area contributed by atoms with Gasteiger partial charge in [0.05, 0.1) is 37.4 Å². The lowest BCUT2D eigenvalue weighted by Gasteiger charge is -2.56. The van der Waals surface area contributed by atoms with E-state index in [9.17, 15) is 4.39 Å². The third-order valence-corrected chi connectivity index (χ3v) is 8.65. The monoisotopic (exact) mass is 422 g/mol. The lowest BCUT2D eigenvalue weighted by molar-refractivity contribution is -0.185. The highest BCUT2D eigenvalue weighted by molar-refractivity contribution is 7.97. The Labute approximate surface area is 177 Å². The van der Waals surface area contributed by atoms with E-state index in [0.717, 1.165) is 52.2 Å². The summed E-state index contributed by atoms with van der Waals surface area (Å²) in [5.41, 5.74) is 0.519. The molecular weight excluding hydrogens is 391 g/mol. The zero-order chi connectivity index (χ0) is 20.1. The predicted molar refractivity (Wildman–Crippen MR) is 111 cm³/mol. The molecule has 1 aromatic rings. The van der Waals surface area contributed by atoms with E-state index in [1.54, 1.807) is 13.2 Å². The normalized spacial score (nSPS) is 28.6. The third-order valence-electron chi connectivity index (χ3n) is 7.50. The Balaban J connectivity index is 1.12. The number of likely N-dealkylation sites (N-methyl/N-ethyl adjacent to an activating group) is 1. The van der Waals surface area contributed by atoms with Crippen LogP contribution in [0.15, 0.2) is 23.1 Å². The van der Waals surface area contributed by atoms with Crippen molar-refractivity contribution in [2.75, 3.05) is 47.1 Å². The van der Waals surface area contributed by atoms with E-state index in [-0.39, 0.29) is 11.4 Å². The average molecular weight is 423 g/mol. The molecule has 0 radical (unpaired) electrons. The fraction of sp³-hybridized carbons (Fsp3) is 0.727. The molecular formula is C22H31FN2O3S. The topological polar surface area (TPSA) is 34.2 Å². The second kappa shape index (κ2) is 7.68. The minimum Gasteiger partial charge on any atom is -0.497 e. The fourth-order valence-corrected chi connectivity index (χ4v) is 6.31. The Morgan fingerprint density at radius 3 is 2.55 bits per heavy atom. The van der Waals surface area contributed by atoms with Crippen LogP contribution in [0.1, 0.15) is 32.1 Å². The van der Waals surface area contributed by atoms with Gasteiger partial charge in [-0.1, -0.05) is 0 Å². The minimum atomic E-state index is -0.219. The summed E-state index contributed by atoms with van der Waals surface area (Å²) in [5.74, 6) is 0.338. The van der Waals surface area contributed by atoms with E-state index >= 15 is 0 Å². The maximum absolute atomic E-state index is 14.3. The molecule has 1 aliphatic carbocycles. The number of methoxy groups -OCH3 is 1. The van der Waals surface area contributed by atoms with Gasteiger partial charge in [-0.15, -0.1) is 0 Å². The molecule has 0 amide bonds. The van der Waals surface area contributed by atoms with Crippen LogP contribution in [0.3, 0.4) is 0 Å². The highest BCUT2D eigenvalue weighted by atomic mass is 32.2. The summed E-state index contributed by atoms with van der Waals surface area (Å²) in [6.07, 6.45) is 5.73. The summed E-state index contributed by atoms with van der Waals surface area (Å²) in [6.45, 7) is 4.62. The SMILES string of the molecule is COc1ccc(SN2CCC3(CC2)CC(N(C)C2CC4(COC4)C2)CO3)c(F)c1. The lowest BCUT2D eigenvalue weighted by atomic mass is 9.63. The number of halogens is 1. The molecule has 29 heavy (non-hydrogen) atoms. The van der Waals surface area contributed by atoms with Crippen LogP contribution in [0.2, 0.25) is 0 Å². The summed E-state index contributed by atoms with van der Waals surface area (Å²) in [4.78, 5) is 3.23. The number of rotatable bonds is 5. The van der Waals surface area contributed by atoms with Gasteiger partial charge >= 0.3 is 0 Å². The van der Waals surface area contributed by atoms with Crippen LogP contribution in [-0.4, -0.2) is 74.0 Å². The molecule has 1 atom stereocenters.